The smallest absolute Gasteiger partial charge is 0.416 e. The lowest BCUT2D eigenvalue weighted by atomic mass is 9.88. The Bertz CT molecular complexity index is 1370. The molecule has 12 heteroatoms. The van der Waals surface area contributed by atoms with Gasteiger partial charge in [-0.1, -0.05) is 31.4 Å². The van der Waals surface area contributed by atoms with Crippen molar-refractivity contribution >= 4 is 23.6 Å². The molecule has 9 nitrogen and oxygen atoms in total. The zero-order valence-electron chi connectivity index (χ0n) is 24.4. The molecule has 0 spiro atoms. The van der Waals surface area contributed by atoms with E-state index < -0.39 is 36.3 Å². The van der Waals surface area contributed by atoms with E-state index in [2.05, 4.69) is 10.6 Å². The molecule has 2 aromatic rings. The third-order valence-electron chi connectivity index (χ3n) is 7.61. The molecule has 0 bridgehead atoms. The van der Waals surface area contributed by atoms with Crippen molar-refractivity contribution in [1.29, 1.82) is 0 Å². The van der Waals surface area contributed by atoms with E-state index in [1.807, 2.05) is 0 Å². The van der Waals surface area contributed by atoms with E-state index in [9.17, 15) is 27.6 Å². The molecule has 1 saturated carbocycles. The van der Waals surface area contributed by atoms with Crippen molar-refractivity contribution in [1.82, 2.24) is 10.2 Å². The highest BCUT2D eigenvalue weighted by molar-refractivity contribution is 5.95. The highest BCUT2D eigenvalue weighted by Gasteiger charge is 2.38. The number of anilines is 1. The van der Waals surface area contributed by atoms with Crippen LogP contribution >= 0.6 is 0 Å². The molecule has 1 unspecified atom stereocenters. The van der Waals surface area contributed by atoms with Crippen LogP contribution in [0.15, 0.2) is 53.7 Å². The fraction of sp³-hybridized carbons (Fsp3) is 0.452. The number of rotatable bonds is 10. The fourth-order valence-electron chi connectivity index (χ4n) is 5.45. The molecule has 4 rings (SSSR count). The third-order valence-corrected chi connectivity index (χ3v) is 7.61. The summed E-state index contributed by atoms with van der Waals surface area (Å²) in [6, 6.07) is 7.90. The van der Waals surface area contributed by atoms with Gasteiger partial charge in [0, 0.05) is 17.9 Å². The first kappa shape index (κ1) is 31.7. The van der Waals surface area contributed by atoms with Gasteiger partial charge in [-0.3, -0.25) is 9.69 Å². The summed E-state index contributed by atoms with van der Waals surface area (Å²) in [6.45, 7) is 3.64. The number of nitrogens with one attached hydrogen (secondary N) is 2. The van der Waals surface area contributed by atoms with Crippen LogP contribution in [0, 0.1) is 5.92 Å². The lowest BCUT2D eigenvalue weighted by molar-refractivity contribution is -0.139. The van der Waals surface area contributed by atoms with Crippen LogP contribution in [0.1, 0.15) is 63.1 Å². The van der Waals surface area contributed by atoms with Gasteiger partial charge in [-0.15, -0.1) is 0 Å². The van der Waals surface area contributed by atoms with Crippen molar-refractivity contribution in [3.8, 4) is 11.5 Å². The van der Waals surface area contributed by atoms with E-state index in [1.165, 1.54) is 31.7 Å². The molecule has 1 aliphatic heterocycles. The van der Waals surface area contributed by atoms with Gasteiger partial charge in [0.25, 0.3) is 5.91 Å². The number of halogens is 3. The number of hydrogen-bond acceptors (Lipinski definition) is 6. The van der Waals surface area contributed by atoms with Crippen molar-refractivity contribution in [2.45, 2.75) is 58.2 Å². The first-order valence-corrected chi connectivity index (χ1v) is 14.3. The Balaban J connectivity index is 1.52. The topological polar surface area (TPSA) is 106 Å². The van der Waals surface area contributed by atoms with Crippen molar-refractivity contribution in [2.75, 3.05) is 32.2 Å². The normalized spacial score (nSPS) is 17.8. The van der Waals surface area contributed by atoms with Gasteiger partial charge in [-0.05, 0) is 68.5 Å². The summed E-state index contributed by atoms with van der Waals surface area (Å²) in [5.41, 5.74) is 0.467. The molecule has 1 atom stereocenters. The highest BCUT2D eigenvalue weighted by atomic mass is 19.4. The predicted octanol–water partition coefficient (Wildman–Crippen LogP) is 6.22. The number of amides is 3. The second-order valence-corrected chi connectivity index (χ2v) is 10.5. The maximum atomic E-state index is 13.3. The first-order chi connectivity index (χ1) is 20.5. The Morgan fingerprint density at radius 2 is 1.81 bits per heavy atom. The number of benzene rings is 2. The quantitative estimate of drug-likeness (QED) is 0.313. The average Bonchev–Trinajstić information content (AvgIpc) is 2.98. The summed E-state index contributed by atoms with van der Waals surface area (Å²) in [6.07, 6.45) is 0.959. The van der Waals surface area contributed by atoms with Crippen molar-refractivity contribution in [3.05, 3.63) is 64.9 Å². The number of methoxy groups -OCH3 is 1. The van der Waals surface area contributed by atoms with Crippen LogP contribution in [0.3, 0.4) is 0 Å². The molecule has 2 N–H and O–H groups in total. The molecule has 0 saturated heterocycles. The van der Waals surface area contributed by atoms with Gasteiger partial charge in [0.1, 0.15) is 0 Å². The van der Waals surface area contributed by atoms with Gasteiger partial charge in [-0.2, -0.15) is 13.2 Å². The monoisotopic (exact) mass is 603 g/mol. The molecular weight excluding hydrogens is 567 g/mol. The Kier molecular flexibility index (Phi) is 10.2. The Hall–Kier alpha value is -4.22. The van der Waals surface area contributed by atoms with Crippen molar-refractivity contribution in [2.24, 2.45) is 5.92 Å². The standard InChI is InChI=1S/C31H36F3N3O6/c1-4-42-29(39)27-19(2)37(17-20-9-6-5-7-10-20)30(40)36-28(27)21-13-14-24(25(15-21)41-3)43-18-26(38)35-23-12-8-11-22(16-23)31(32,33)34/h8,11-16,20,28H,4-7,9-10,17-18H2,1-3H3,(H,35,38)(H,36,40). The molecule has 3 amide bonds. The van der Waals surface area contributed by atoms with Crippen LogP contribution in [-0.2, 0) is 20.5 Å². The summed E-state index contributed by atoms with van der Waals surface area (Å²) in [7, 11) is 1.40. The van der Waals surface area contributed by atoms with E-state index in [1.54, 1.807) is 30.9 Å². The Labute approximate surface area is 248 Å². The average molecular weight is 604 g/mol. The maximum Gasteiger partial charge on any atom is 0.416 e. The van der Waals surface area contributed by atoms with Gasteiger partial charge in [0.05, 0.1) is 30.9 Å². The Morgan fingerprint density at radius 1 is 1.07 bits per heavy atom. The summed E-state index contributed by atoms with van der Waals surface area (Å²) in [5.74, 6) is -0.443. The highest BCUT2D eigenvalue weighted by Crippen LogP contribution is 2.37. The van der Waals surface area contributed by atoms with Crippen LogP contribution in [0.25, 0.3) is 0 Å². The number of alkyl halides is 3. The zero-order chi connectivity index (χ0) is 31.1. The predicted molar refractivity (Wildman–Crippen MR) is 152 cm³/mol. The number of allylic oxidation sites excluding steroid dienone is 1. The van der Waals surface area contributed by atoms with E-state index in [0.717, 1.165) is 37.8 Å². The minimum Gasteiger partial charge on any atom is -0.493 e. The first-order valence-electron chi connectivity index (χ1n) is 14.3. The lowest BCUT2D eigenvalue weighted by Crippen LogP contribution is -2.49. The van der Waals surface area contributed by atoms with E-state index in [4.69, 9.17) is 14.2 Å². The van der Waals surface area contributed by atoms with Gasteiger partial charge in [0.15, 0.2) is 18.1 Å². The third kappa shape index (κ3) is 7.79. The molecule has 1 heterocycles. The van der Waals surface area contributed by atoms with E-state index in [0.29, 0.717) is 29.3 Å². The fourth-order valence-corrected chi connectivity index (χ4v) is 5.45. The number of hydrogen-bond donors (Lipinski definition) is 2. The number of nitrogens with zero attached hydrogens (tertiary/aromatic N) is 1. The zero-order valence-corrected chi connectivity index (χ0v) is 24.4. The molecule has 232 valence electrons. The van der Waals surface area contributed by atoms with Gasteiger partial charge in [-0.25, -0.2) is 9.59 Å². The largest absolute Gasteiger partial charge is 0.493 e. The van der Waals surface area contributed by atoms with Gasteiger partial charge in [0.2, 0.25) is 0 Å². The summed E-state index contributed by atoms with van der Waals surface area (Å²) < 4.78 is 55.4. The van der Waals surface area contributed by atoms with Crippen LogP contribution in [0.2, 0.25) is 0 Å². The minimum atomic E-state index is -4.54. The lowest BCUT2D eigenvalue weighted by Gasteiger charge is -2.37. The molecule has 0 radical (unpaired) electrons. The number of ether oxygens (including phenoxy) is 3. The molecule has 1 aliphatic carbocycles. The molecule has 2 aromatic carbocycles. The van der Waals surface area contributed by atoms with Crippen LogP contribution in [-0.4, -0.2) is 49.7 Å². The van der Waals surface area contributed by atoms with E-state index in [-0.39, 0.29) is 29.8 Å². The number of urea groups is 1. The number of esters is 1. The maximum absolute atomic E-state index is 13.3. The summed E-state index contributed by atoms with van der Waals surface area (Å²) >= 11 is 0. The minimum absolute atomic E-state index is 0.0232. The molecular formula is C31H36F3N3O6. The van der Waals surface area contributed by atoms with Crippen LogP contribution in [0.4, 0.5) is 23.7 Å². The van der Waals surface area contributed by atoms with Crippen molar-refractivity contribution in [3.63, 3.8) is 0 Å². The number of carbonyl (C=O) groups is 3. The van der Waals surface area contributed by atoms with E-state index >= 15 is 0 Å². The SMILES string of the molecule is CCOC(=O)C1=C(C)N(CC2CCCCC2)C(=O)NC1c1ccc(OCC(=O)Nc2cccc(C(F)(F)F)c2)c(OC)c1. The Morgan fingerprint density at radius 3 is 2.49 bits per heavy atom. The second kappa shape index (κ2) is 13.8. The summed E-state index contributed by atoms with van der Waals surface area (Å²) in [5, 5.41) is 5.33. The second-order valence-electron chi connectivity index (χ2n) is 10.5. The van der Waals surface area contributed by atoms with Crippen molar-refractivity contribution < 1.29 is 41.8 Å². The molecule has 0 aromatic heterocycles. The summed E-state index contributed by atoms with van der Waals surface area (Å²) in [4.78, 5) is 40.5. The van der Waals surface area contributed by atoms with Crippen LogP contribution in [0.5, 0.6) is 11.5 Å². The van der Waals surface area contributed by atoms with Gasteiger partial charge >= 0.3 is 18.2 Å². The molecule has 2 aliphatic rings. The van der Waals surface area contributed by atoms with Gasteiger partial charge < -0.3 is 24.8 Å². The van der Waals surface area contributed by atoms with Crippen LogP contribution < -0.4 is 20.1 Å². The molecule has 1 fully saturated rings. The number of carbonyl (C=O) groups excluding carboxylic acids is 3. The molecule has 43 heavy (non-hydrogen) atoms.